The molecule has 0 fully saturated rings. The van der Waals surface area contributed by atoms with E-state index < -0.39 is 17.0 Å². The number of hydrogen-bond donors (Lipinski definition) is 1. The highest BCUT2D eigenvalue weighted by atomic mass is 19.1. The topological polar surface area (TPSA) is 29.1 Å². The van der Waals surface area contributed by atoms with Crippen LogP contribution in [0, 0.1) is 18.6 Å². The second-order valence-corrected chi connectivity index (χ2v) is 5.57. The molecule has 110 valence electrons. The summed E-state index contributed by atoms with van der Waals surface area (Å²) in [6, 6.07) is 10.7. The monoisotopic (exact) mass is 289 g/mol. The van der Waals surface area contributed by atoms with Crippen molar-refractivity contribution in [2.24, 2.45) is 0 Å². The van der Waals surface area contributed by atoms with Gasteiger partial charge >= 0.3 is 0 Å². The number of carbonyl (C=O) groups excluding carboxylic acids is 1. The number of nitrogens with one attached hydrogen (secondary N) is 1. The van der Waals surface area contributed by atoms with Crippen molar-refractivity contribution in [1.29, 1.82) is 0 Å². The van der Waals surface area contributed by atoms with Gasteiger partial charge in [0.15, 0.2) is 0 Å². The lowest BCUT2D eigenvalue weighted by Crippen LogP contribution is -2.35. The third-order valence-corrected chi connectivity index (χ3v) is 3.52. The minimum absolute atomic E-state index is 0.0263. The summed E-state index contributed by atoms with van der Waals surface area (Å²) in [6.45, 7) is 5.48. The molecule has 1 amide bonds. The Morgan fingerprint density at radius 3 is 2.24 bits per heavy atom. The van der Waals surface area contributed by atoms with E-state index in [1.54, 1.807) is 13.8 Å². The van der Waals surface area contributed by atoms with E-state index in [0.29, 0.717) is 0 Å². The van der Waals surface area contributed by atoms with Crippen molar-refractivity contribution < 1.29 is 13.6 Å². The van der Waals surface area contributed by atoms with E-state index in [1.807, 2.05) is 31.2 Å². The molecular weight excluding hydrogens is 272 g/mol. The zero-order valence-corrected chi connectivity index (χ0v) is 12.2. The summed E-state index contributed by atoms with van der Waals surface area (Å²) in [5.74, 6) is -1.82. The van der Waals surface area contributed by atoms with Gasteiger partial charge in [-0.2, -0.15) is 0 Å². The molecule has 0 atom stereocenters. The van der Waals surface area contributed by atoms with Gasteiger partial charge in [0.05, 0.1) is 11.1 Å². The maximum atomic E-state index is 13.6. The lowest BCUT2D eigenvalue weighted by molar-refractivity contribution is -0.120. The van der Waals surface area contributed by atoms with E-state index in [1.165, 1.54) is 6.07 Å². The van der Waals surface area contributed by atoms with Crippen LogP contribution in [0.3, 0.4) is 0 Å². The molecule has 21 heavy (non-hydrogen) atoms. The van der Waals surface area contributed by atoms with Crippen LogP contribution in [0.25, 0.3) is 0 Å². The molecule has 2 rings (SSSR count). The highest BCUT2D eigenvalue weighted by Gasteiger charge is 2.30. The van der Waals surface area contributed by atoms with Crippen LogP contribution >= 0.6 is 0 Å². The number of rotatable bonds is 3. The van der Waals surface area contributed by atoms with E-state index in [0.717, 1.165) is 23.3 Å². The molecule has 2 aromatic rings. The number of anilines is 1. The number of amides is 1. The van der Waals surface area contributed by atoms with Gasteiger partial charge in [0, 0.05) is 6.07 Å². The van der Waals surface area contributed by atoms with Crippen LogP contribution in [0.5, 0.6) is 0 Å². The van der Waals surface area contributed by atoms with Gasteiger partial charge in [0.2, 0.25) is 5.91 Å². The Morgan fingerprint density at radius 1 is 1.05 bits per heavy atom. The first-order valence-corrected chi connectivity index (χ1v) is 6.64. The highest BCUT2D eigenvalue weighted by molar-refractivity contribution is 5.98. The van der Waals surface area contributed by atoms with Crippen LogP contribution in [-0.2, 0) is 10.2 Å². The van der Waals surface area contributed by atoms with E-state index in [2.05, 4.69) is 5.32 Å². The van der Waals surface area contributed by atoms with Gasteiger partial charge < -0.3 is 5.32 Å². The normalized spacial score (nSPS) is 11.3. The smallest absolute Gasteiger partial charge is 0.234 e. The maximum Gasteiger partial charge on any atom is 0.234 e. The SMILES string of the molecule is Cc1ccc(C(C)(C)C(=O)Nc2ccc(F)cc2F)cc1. The lowest BCUT2D eigenvalue weighted by Gasteiger charge is -2.24. The molecule has 0 radical (unpaired) electrons. The van der Waals surface area contributed by atoms with Gasteiger partial charge in [-0.05, 0) is 38.5 Å². The zero-order chi connectivity index (χ0) is 15.6. The molecular formula is C17H17F2NO. The molecule has 1 N–H and O–H groups in total. The predicted molar refractivity (Wildman–Crippen MR) is 79.2 cm³/mol. The largest absolute Gasteiger partial charge is 0.323 e. The average Bonchev–Trinajstić information content (AvgIpc) is 2.42. The van der Waals surface area contributed by atoms with E-state index in [9.17, 15) is 13.6 Å². The Bertz CT molecular complexity index is 663. The molecule has 4 heteroatoms. The predicted octanol–water partition coefficient (Wildman–Crippen LogP) is 4.19. The first-order valence-electron chi connectivity index (χ1n) is 6.64. The molecule has 2 nitrogen and oxygen atoms in total. The van der Waals surface area contributed by atoms with Crippen molar-refractivity contribution in [2.75, 3.05) is 5.32 Å². The first-order chi connectivity index (χ1) is 9.80. The van der Waals surface area contributed by atoms with Crippen LogP contribution in [0.4, 0.5) is 14.5 Å². The van der Waals surface area contributed by atoms with Crippen molar-refractivity contribution in [1.82, 2.24) is 0 Å². The van der Waals surface area contributed by atoms with Crippen molar-refractivity contribution in [3.8, 4) is 0 Å². The van der Waals surface area contributed by atoms with Crippen molar-refractivity contribution in [3.05, 3.63) is 65.2 Å². The number of carbonyl (C=O) groups is 1. The van der Waals surface area contributed by atoms with Gasteiger partial charge in [0.1, 0.15) is 11.6 Å². The molecule has 2 aromatic carbocycles. The van der Waals surface area contributed by atoms with Gasteiger partial charge in [-0.15, -0.1) is 0 Å². The fourth-order valence-corrected chi connectivity index (χ4v) is 1.97. The summed E-state index contributed by atoms with van der Waals surface area (Å²) in [5.41, 5.74) is 1.07. The Kier molecular flexibility index (Phi) is 4.07. The van der Waals surface area contributed by atoms with Crippen molar-refractivity contribution >= 4 is 11.6 Å². The summed E-state index contributed by atoms with van der Waals surface area (Å²) in [5, 5.41) is 2.51. The summed E-state index contributed by atoms with van der Waals surface area (Å²) in [6.07, 6.45) is 0. The highest BCUT2D eigenvalue weighted by Crippen LogP contribution is 2.26. The Labute approximate surface area is 122 Å². The Hall–Kier alpha value is -2.23. The van der Waals surface area contributed by atoms with E-state index in [-0.39, 0.29) is 11.6 Å². The van der Waals surface area contributed by atoms with Gasteiger partial charge in [-0.25, -0.2) is 8.78 Å². The number of aryl methyl sites for hydroxylation is 1. The van der Waals surface area contributed by atoms with Crippen molar-refractivity contribution in [2.45, 2.75) is 26.2 Å². The average molecular weight is 289 g/mol. The molecule has 0 heterocycles. The summed E-state index contributed by atoms with van der Waals surface area (Å²) in [7, 11) is 0. The number of benzene rings is 2. The van der Waals surface area contributed by atoms with Gasteiger partial charge in [0.25, 0.3) is 0 Å². The zero-order valence-electron chi connectivity index (χ0n) is 12.2. The molecule has 0 aromatic heterocycles. The van der Waals surface area contributed by atoms with E-state index in [4.69, 9.17) is 0 Å². The van der Waals surface area contributed by atoms with Crippen LogP contribution in [0.15, 0.2) is 42.5 Å². The standard InChI is InChI=1S/C17H17F2NO/c1-11-4-6-12(7-5-11)17(2,3)16(21)20-15-9-8-13(18)10-14(15)19/h4-10H,1-3H3,(H,20,21). The molecule has 0 aliphatic carbocycles. The minimum Gasteiger partial charge on any atom is -0.323 e. The molecule has 0 unspecified atom stereocenters. The number of hydrogen-bond acceptors (Lipinski definition) is 1. The molecule has 0 aliphatic rings. The summed E-state index contributed by atoms with van der Waals surface area (Å²) >= 11 is 0. The van der Waals surface area contributed by atoms with Crippen LogP contribution < -0.4 is 5.32 Å². The Morgan fingerprint density at radius 2 is 1.67 bits per heavy atom. The van der Waals surface area contributed by atoms with E-state index >= 15 is 0 Å². The fourth-order valence-electron chi connectivity index (χ4n) is 1.97. The minimum atomic E-state index is -0.825. The van der Waals surface area contributed by atoms with Crippen LogP contribution in [0.2, 0.25) is 0 Å². The summed E-state index contributed by atoms with van der Waals surface area (Å²) < 4.78 is 26.5. The van der Waals surface area contributed by atoms with Crippen molar-refractivity contribution in [3.63, 3.8) is 0 Å². The maximum absolute atomic E-state index is 13.6. The molecule has 0 bridgehead atoms. The Balaban J connectivity index is 2.24. The quantitative estimate of drug-likeness (QED) is 0.902. The second-order valence-electron chi connectivity index (χ2n) is 5.57. The fraction of sp³-hybridized carbons (Fsp3) is 0.235. The van der Waals surface area contributed by atoms with Crippen LogP contribution in [-0.4, -0.2) is 5.91 Å². The van der Waals surface area contributed by atoms with Gasteiger partial charge in [-0.1, -0.05) is 29.8 Å². The van der Waals surface area contributed by atoms with Gasteiger partial charge in [-0.3, -0.25) is 4.79 Å². The number of halogens is 2. The molecule has 0 aliphatic heterocycles. The second kappa shape index (κ2) is 5.64. The lowest BCUT2D eigenvalue weighted by atomic mass is 9.83. The first kappa shape index (κ1) is 15.2. The van der Waals surface area contributed by atoms with Crippen LogP contribution in [0.1, 0.15) is 25.0 Å². The molecule has 0 saturated carbocycles. The molecule has 0 spiro atoms. The third kappa shape index (κ3) is 3.27. The summed E-state index contributed by atoms with van der Waals surface area (Å²) in [4.78, 5) is 12.4. The third-order valence-electron chi connectivity index (χ3n) is 3.52. The molecule has 0 saturated heterocycles.